The van der Waals surface area contributed by atoms with Gasteiger partial charge in [0.1, 0.15) is 11.3 Å². The van der Waals surface area contributed by atoms with E-state index in [9.17, 15) is 14.4 Å². The molecule has 1 amide bonds. The third-order valence-corrected chi connectivity index (χ3v) is 4.15. The molecule has 8 heteroatoms. The number of hydrogen-bond acceptors (Lipinski definition) is 6. The number of ether oxygens (including phenoxy) is 2. The highest BCUT2D eigenvalue weighted by Gasteiger charge is 2.16. The third-order valence-electron chi connectivity index (χ3n) is 3.85. The molecule has 2 aromatic carbocycles. The van der Waals surface area contributed by atoms with Gasteiger partial charge in [0, 0.05) is 11.8 Å². The maximum Gasteiger partial charge on any atom is 0.374 e. The Morgan fingerprint density at radius 2 is 1.93 bits per heavy atom. The van der Waals surface area contributed by atoms with Crippen LogP contribution in [0.2, 0.25) is 5.02 Å². The van der Waals surface area contributed by atoms with Gasteiger partial charge < -0.3 is 19.2 Å². The lowest BCUT2D eigenvalue weighted by Gasteiger charge is -2.08. The largest absolute Gasteiger partial charge is 0.495 e. The first-order valence-electron chi connectivity index (χ1n) is 8.22. The molecule has 0 aliphatic rings. The number of methoxy groups -OCH3 is 1. The van der Waals surface area contributed by atoms with Gasteiger partial charge in [-0.1, -0.05) is 23.2 Å². The van der Waals surface area contributed by atoms with Gasteiger partial charge in [0.05, 0.1) is 17.5 Å². The SMILES string of the molecule is COc1ccc(NC(=O)COC(=O)c2cc(=O)c3cc(C)ccc3o2)cc1Cl. The normalized spacial score (nSPS) is 10.5. The summed E-state index contributed by atoms with van der Waals surface area (Å²) in [6, 6.07) is 10.8. The number of carbonyl (C=O) groups excluding carboxylic acids is 2. The van der Waals surface area contributed by atoms with Crippen LogP contribution in [0.4, 0.5) is 5.69 Å². The molecule has 0 spiro atoms. The van der Waals surface area contributed by atoms with Crippen LogP contribution in [0.1, 0.15) is 16.1 Å². The van der Waals surface area contributed by atoms with Crippen LogP contribution in [-0.4, -0.2) is 25.6 Å². The molecule has 0 unspecified atom stereocenters. The zero-order valence-electron chi connectivity index (χ0n) is 15.1. The van der Waals surface area contributed by atoms with E-state index in [1.807, 2.05) is 6.92 Å². The number of aryl methyl sites for hydroxylation is 1. The second-order valence-electron chi connectivity index (χ2n) is 5.95. The van der Waals surface area contributed by atoms with Gasteiger partial charge in [-0.25, -0.2) is 4.79 Å². The maximum absolute atomic E-state index is 12.1. The highest BCUT2D eigenvalue weighted by molar-refractivity contribution is 6.32. The van der Waals surface area contributed by atoms with Crippen LogP contribution < -0.4 is 15.5 Å². The topological polar surface area (TPSA) is 94.8 Å². The number of benzene rings is 2. The van der Waals surface area contributed by atoms with E-state index in [4.69, 9.17) is 25.5 Å². The smallest absolute Gasteiger partial charge is 0.374 e. The fourth-order valence-corrected chi connectivity index (χ4v) is 2.77. The minimum atomic E-state index is -0.914. The molecule has 1 heterocycles. The molecule has 0 atom stereocenters. The summed E-state index contributed by atoms with van der Waals surface area (Å²) in [5.74, 6) is -1.30. The molecule has 0 saturated carbocycles. The average molecular weight is 402 g/mol. The van der Waals surface area contributed by atoms with Crippen molar-refractivity contribution < 1.29 is 23.5 Å². The average Bonchev–Trinajstić information content (AvgIpc) is 2.66. The van der Waals surface area contributed by atoms with E-state index in [2.05, 4.69) is 5.32 Å². The molecular weight excluding hydrogens is 386 g/mol. The molecule has 0 bridgehead atoms. The summed E-state index contributed by atoms with van der Waals surface area (Å²) in [6.45, 7) is 1.29. The molecule has 0 aliphatic carbocycles. The predicted octanol–water partition coefficient (Wildman–Crippen LogP) is 3.56. The second kappa shape index (κ2) is 8.14. The summed E-state index contributed by atoms with van der Waals surface area (Å²) in [7, 11) is 1.48. The van der Waals surface area contributed by atoms with E-state index in [1.54, 1.807) is 30.3 Å². The number of halogens is 1. The van der Waals surface area contributed by atoms with Crippen molar-refractivity contribution in [2.75, 3.05) is 19.0 Å². The van der Waals surface area contributed by atoms with Crippen molar-refractivity contribution in [3.8, 4) is 5.75 Å². The van der Waals surface area contributed by atoms with Crippen molar-refractivity contribution in [2.24, 2.45) is 0 Å². The van der Waals surface area contributed by atoms with Crippen LogP contribution >= 0.6 is 11.6 Å². The van der Waals surface area contributed by atoms with Gasteiger partial charge in [-0.2, -0.15) is 0 Å². The van der Waals surface area contributed by atoms with Crippen LogP contribution in [0.15, 0.2) is 51.7 Å². The van der Waals surface area contributed by atoms with Crippen LogP contribution in [0.5, 0.6) is 5.75 Å². The molecular formula is C20H16ClNO6. The summed E-state index contributed by atoms with van der Waals surface area (Å²) >= 11 is 5.99. The van der Waals surface area contributed by atoms with E-state index >= 15 is 0 Å². The van der Waals surface area contributed by atoms with Crippen LogP contribution in [0.3, 0.4) is 0 Å². The van der Waals surface area contributed by atoms with Crippen LogP contribution in [0.25, 0.3) is 11.0 Å². The van der Waals surface area contributed by atoms with Gasteiger partial charge >= 0.3 is 5.97 Å². The minimum absolute atomic E-state index is 0.266. The molecule has 0 fully saturated rings. The zero-order valence-corrected chi connectivity index (χ0v) is 15.8. The lowest BCUT2D eigenvalue weighted by Crippen LogP contribution is -2.21. The molecule has 1 N–H and O–H groups in total. The van der Waals surface area contributed by atoms with Gasteiger partial charge in [0.2, 0.25) is 5.76 Å². The first-order valence-corrected chi connectivity index (χ1v) is 8.60. The number of anilines is 1. The Kier molecular flexibility index (Phi) is 5.65. The summed E-state index contributed by atoms with van der Waals surface area (Å²) < 4.78 is 15.4. The summed E-state index contributed by atoms with van der Waals surface area (Å²) in [4.78, 5) is 36.3. The fraction of sp³-hybridized carbons (Fsp3) is 0.150. The minimum Gasteiger partial charge on any atom is -0.495 e. The maximum atomic E-state index is 12.1. The number of fused-ring (bicyclic) bond motifs is 1. The number of carbonyl (C=O) groups is 2. The van der Waals surface area contributed by atoms with Crippen LogP contribution in [0, 0.1) is 6.92 Å². The first kappa shape index (κ1) is 19.4. The molecule has 0 aliphatic heterocycles. The number of amides is 1. The highest BCUT2D eigenvalue weighted by Crippen LogP contribution is 2.27. The Morgan fingerprint density at radius 3 is 2.64 bits per heavy atom. The zero-order chi connectivity index (χ0) is 20.3. The van der Waals surface area contributed by atoms with Crippen molar-refractivity contribution in [1.82, 2.24) is 0 Å². The molecule has 0 radical (unpaired) electrons. The van der Waals surface area contributed by atoms with Gasteiger partial charge in [-0.3, -0.25) is 9.59 Å². The quantitative estimate of drug-likeness (QED) is 0.657. The molecule has 3 rings (SSSR count). The summed E-state index contributed by atoms with van der Waals surface area (Å²) in [5, 5.41) is 3.23. The lowest BCUT2D eigenvalue weighted by molar-refractivity contribution is -0.119. The van der Waals surface area contributed by atoms with E-state index in [1.165, 1.54) is 13.2 Å². The van der Waals surface area contributed by atoms with Gasteiger partial charge in [-0.05, 0) is 37.3 Å². The van der Waals surface area contributed by atoms with E-state index in [-0.39, 0.29) is 16.8 Å². The second-order valence-corrected chi connectivity index (χ2v) is 6.36. The Hall–Kier alpha value is -3.32. The summed E-state index contributed by atoms with van der Waals surface area (Å²) in [6.07, 6.45) is 0. The number of rotatable bonds is 5. The third kappa shape index (κ3) is 4.32. The molecule has 0 saturated heterocycles. The van der Waals surface area contributed by atoms with Gasteiger partial charge in [0.15, 0.2) is 12.0 Å². The van der Waals surface area contributed by atoms with Crippen molar-refractivity contribution >= 4 is 40.1 Å². The predicted molar refractivity (Wildman–Crippen MR) is 104 cm³/mol. The van der Waals surface area contributed by atoms with Crippen molar-refractivity contribution in [3.05, 3.63) is 69.0 Å². The number of nitrogens with one attached hydrogen (secondary N) is 1. The molecule has 28 heavy (non-hydrogen) atoms. The molecule has 144 valence electrons. The van der Waals surface area contributed by atoms with E-state index in [0.29, 0.717) is 21.8 Å². The Balaban J connectivity index is 1.66. The van der Waals surface area contributed by atoms with Gasteiger partial charge in [-0.15, -0.1) is 0 Å². The number of hydrogen-bond donors (Lipinski definition) is 1. The number of esters is 1. The fourth-order valence-electron chi connectivity index (χ4n) is 2.51. The molecule has 7 nitrogen and oxygen atoms in total. The Bertz CT molecular complexity index is 1120. The van der Waals surface area contributed by atoms with Gasteiger partial charge in [0.25, 0.3) is 5.91 Å². The van der Waals surface area contributed by atoms with Crippen LogP contribution in [-0.2, 0) is 9.53 Å². The Morgan fingerprint density at radius 1 is 1.14 bits per heavy atom. The van der Waals surface area contributed by atoms with Crippen molar-refractivity contribution in [1.29, 1.82) is 0 Å². The Labute approximate surface area is 164 Å². The highest BCUT2D eigenvalue weighted by atomic mass is 35.5. The lowest BCUT2D eigenvalue weighted by atomic mass is 10.1. The summed E-state index contributed by atoms with van der Waals surface area (Å²) in [5.41, 5.74) is 1.21. The monoisotopic (exact) mass is 401 g/mol. The first-order chi connectivity index (χ1) is 13.4. The van der Waals surface area contributed by atoms with E-state index < -0.39 is 18.5 Å². The van der Waals surface area contributed by atoms with E-state index in [0.717, 1.165) is 11.6 Å². The molecule has 1 aromatic heterocycles. The van der Waals surface area contributed by atoms with Crippen molar-refractivity contribution in [3.63, 3.8) is 0 Å². The standard InChI is InChI=1S/C20H16ClNO6/c1-11-3-5-16-13(7-11)15(23)9-18(28-16)20(25)27-10-19(24)22-12-4-6-17(26-2)14(21)8-12/h3-9H,10H2,1-2H3,(H,22,24). The van der Waals surface area contributed by atoms with Crippen molar-refractivity contribution in [2.45, 2.75) is 6.92 Å². The molecule has 3 aromatic rings.